The molecule has 0 amide bonds. The van der Waals surface area contributed by atoms with Crippen molar-refractivity contribution in [1.29, 1.82) is 0 Å². The van der Waals surface area contributed by atoms with Gasteiger partial charge in [-0.1, -0.05) is 36.4 Å². The summed E-state index contributed by atoms with van der Waals surface area (Å²) in [7, 11) is -3.68. The van der Waals surface area contributed by atoms with Crippen LogP contribution in [0.15, 0.2) is 54.6 Å². The second kappa shape index (κ2) is 9.15. The molecule has 0 unspecified atom stereocenters. The third kappa shape index (κ3) is 6.19. The van der Waals surface area contributed by atoms with E-state index in [1.807, 2.05) is 30.3 Å². The summed E-state index contributed by atoms with van der Waals surface area (Å²) in [6.07, 6.45) is -4.49. The highest BCUT2D eigenvalue weighted by Crippen LogP contribution is 2.30. The van der Waals surface area contributed by atoms with Gasteiger partial charge in [0.2, 0.25) is 10.0 Å². The minimum Gasteiger partial charge on any atom is -0.492 e. The fraction of sp³-hybridized carbons (Fsp3) is 0.400. The van der Waals surface area contributed by atoms with Gasteiger partial charge in [-0.3, -0.25) is 4.90 Å². The van der Waals surface area contributed by atoms with E-state index in [0.29, 0.717) is 39.3 Å². The van der Waals surface area contributed by atoms with Crippen molar-refractivity contribution < 1.29 is 26.3 Å². The highest BCUT2D eigenvalue weighted by molar-refractivity contribution is 7.88. The number of nitrogens with zero attached hydrogens (tertiary/aromatic N) is 2. The maximum Gasteiger partial charge on any atom is 0.416 e. The quantitative estimate of drug-likeness (QED) is 0.680. The van der Waals surface area contributed by atoms with E-state index in [-0.39, 0.29) is 5.56 Å². The van der Waals surface area contributed by atoms with Crippen LogP contribution in [-0.2, 0) is 22.0 Å². The maximum absolute atomic E-state index is 12.8. The lowest BCUT2D eigenvalue weighted by Crippen LogP contribution is -2.49. The second-order valence-electron chi connectivity index (χ2n) is 6.86. The van der Waals surface area contributed by atoms with Crippen LogP contribution in [0, 0.1) is 0 Å². The zero-order valence-electron chi connectivity index (χ0n) is 15.8. The van der Waals surface area contributed by atoms with Crippen molar-refractivity contribution in [3.05, 3.63) is 65.7 Å². The first-order valence-corrected chi connectivity index (χ1v) is 10.9. The third-order valence-electron chi connectivity index (χ3n) is 4.75. The van der Waals surface area contributed by atoms with E-state index in [2.05, 4.69) is 4.90 Å². The van der Waals surface area contributed by atoms with Crippen molar-refractivity contribution in [3.63, 3.8) is 0 Å². The summed E-state index contributed by atoms with van der Waals surface area (Å²) >= 11 is 0. The number of para-hydroxylation sites is 1. The molecule has 0 aromatic heterocycles. The Morgan fingerprint density at radius 2 is 1.62 bits per heavy atom. The number of piperazine rings is 1. The Balaban J connectivity index is 1.49. The molecule has 0 bridgehead atoms. The topological polar surface area (TPSA) is 49.9 Å². The van der Waals surface area contributed by atoms with Crippen LogP contribution in [0.3, 0.4) is 0 Å². The Morgan fingerprint density at radius 3 is 2.28 bits per heavy atom. The fourth-order valence-corrected chi connectivity index (χ4v) is 4.68. The average Bonchev–Trinajstić information content (AvgIpc) is 2.68. The molecule has 0 aliphatic carbocycles. The molecule has 1 fully saturated rings. The lowest BCUT2D eigenvalue weighted by Gasteiger charge is -2.33. The summed E-state index contributed by atoms with van der Waals surface area (Å²) < 4.78 is 70.7. The maximum atomic E-state index is 12.8. The van der Waals surface area contributed by atoms with Gasteiger partial charge >= 0.3 is 6.18 Å². The van der Waals surface area contributed by atoms with Gasteiger partial charge in [-0.25, -0.2) is 8.42 Å². The Labute approximate surface area is 168 Å². The van der Waals surface area contributed by atoms with E-state index in [0.717, 1.165) is 17.9 Å². The van der Waals surface area contributed by atoms with E-state index in [1.54, 1.807) is 0 Å². The van der Waals surface area contributed by atoms with Crippen molar-refractivity contribution in [3.8, 4) is 5.75 Å². The smallest absolute Gasteiger partial charge is 0.416 e. The predicted octanol–water partition coefficient (Wildman–Crippen LogP) is 3.23. The van der Waals surface area contributed by atoms with Crippen LogP contribution in [-0.4, -0.2) is 57.0 Å². The molecule has 0 N–H and O–H groups in total. The van der Waals surface area contributed by atoms with Gasteiger partial charge in [0.05, 0.1) is 11.3 Å². The average molecular weight is 428 g/mol. The Bertz CT molecular complexity index is 897. The zero-order chi connectivity index (χ0) is 20.9. The Morgan fingerprint density at radius 1 is 0.931 bits per heavy atom. The molecule has 158 valence electrons. The molecular weight excluding hydrogens is 405 g/mol. The SMILES string of the molecule is O=S(=O)(Cc1cccc(C(F)(F)F)c1)N1CCN(CCOc2ccccc2)CC1. The van der Waals surface area contributed by atoms with Gasteiger partial charge in [0.15, 0.2) is 0 Å². The van der Waals surface area contributed by atoms with Crippen LogP contribution in [0.5, 0.6) is 5.75 Å². The number of rotatable bonds is 7. The normalized spacial score (nSPS) is 16.7. The van der Waals surface area contributed by atoms with Crippen molar-refractivity contribution in [2.24, 2.45) is 0 Å². The number of hydrogen-bond acceptors (Lipinski definition) is 4. The number of halogens is 3. The van der Waals surface area contributed by atoms with Gasteiger partial charge in [-0.05, 0) is 23.8 Å². The highest BCUT2D eigenvalue weighted by Gasteiger charge is 2.32. The molecular formula is C20H23F3N2O3S. The first kappa shape index (κ1) is 21.6. The van der Waals surface area contributed by atoms with Crippen molar-refractivity contribution in [1.82, 2.24) is 9.21 Å². The van der Waals surface area contributed by atoms with Crippen LogP contribution in [0.2, 0.25) is 0 Å². The van der Waals surface area contributed by atoms with Crippen LogP contribution in [0.4, 0.5) is 13.2 Å². The molecule has 9 heteroatoms. The molecule has 0 radical (unpaired) electrons. The van der Waals surface area contributed by atoms with Gasteiger partial charge in [-0.2, -0.15) is 17.5 Å². The summed E-state index contributed by atoms with van der Waals surface area (Å²) in [5.74, 6) is 0.350. The number of sulfonamides is 1. The first-order chi connectivity index (χ1) is 13.7. The standard InChI is InChI=1S/C20H23F3N2O3S/c21-20(22,23)18-6-4-5-17(15-18)16-29(26,27)25-11-9-24(10-12-25)13-14-28-19-7-2-1-3-8-19/h1-8,15H,9-14,16H2. The van der Waals surface area contributed by atoms with Crippen LogP contribution >= 0.6 is 0 Å². The predicted molar refractivity (Wildman–Crippen MR) is 104 cm³/mol. The van der Waals surface area contributed by atoms with E-state index in [4.69, 9.17) is 4.74 Å². The van der Waals surface area contributed by atoms with Crippen molar-refractivity contribution in [2.75, 3.05) is 39.3 Å². The molecule has 1 aliphatic heterocycles. The molecule has 1 heterocycles. The number of ether oxygens (including phenoxy) is 1. The second-order valence-corrected chi connectivity index (χ2v) is 8.83. The molecule has 1 aliphatic rings. The molecule has 5 nitrogen and oxygen atoms in total. The minimum atomic E-state index is -4.49. The monoisotopic (exact) mass is 428 g/mol. The van der Waals surface area contributed by atoms with E-state index in [1.165, 1.54) is 16.4 Å². The molecule has 0 saturated carbocycles. The summed E-state index contributed by atoms with van der Waals surface area (Å²) in [5, 5.41) is 0. The van der Waals surface area contributed by atoms with Crippen LogP contribution < -0.4 is 4.74 Å². The molecule has 2 aromatic carbocycles. The van der Waals surface area contributed by atoms with E-state index in [9.17, 15) is 21.6 Å². The van der Waals surface area contributed by atoms with E-state index >= 15 is 0 Å². The molecule has 1 saturated heterocycles. The first-order valence-electron chi connectivity index (χ1n) is 9.28. The number of hydrogen-bond donors (Lipinski definition) is 0. The van der Waals surface area contributed by atoms with Gasteiger partial charge in [-0.15, -0.1) is 0 Å². The highest BCUT2D eigenvalue weighted by atomic mass is 32.2. The summed E-state index contributed by atoms with van der Waals surface area (Å²) in [4.78, 5) is 2.11. The summed E-state index contributed by atoms with van der Waals surface area (Å²) in [6.45, 7) is 2.91. The number of alkyl halides is 3. The Kier molecular flexibility index (Phi) is 6.81. The molecule has 3 rings (SSSR count). The van der Waals surface area contributed by atoms with Crippen molar-refractivity contribution >= 4 is 10.0 Å². The lowest BCUT2D eigenvalue weighted by molar-refractivity contribution is -0.137. The van der Waals surface area contributed by atoms with Crippen LogP contribution in [0.1, 0.15) is 11.1 Å². The lowest BCUT2D eigenvalue weighted by atomic mass is 10.1. The largest absolute Gasteiger partial charge is 0.492 e. The van der Waals surface area contributed by atoms with Gasteiger partial charge in [0.25, 0.3) is 0 Å². The van der Waals surface area contributed by atoms with Crippen molar-refractivity contribution in [2.45, 2.75) is 11.9 Å². The van der Waals surface area contributed by atoms with E-state index < -0.39 is 27.5 Å². The summed E-state index contributed by atoms with van der Waals surface area (Å²) in [5.41, 5.74) is -0.702. The molecule has 0 spiro atoms. The molecule has 2 aromatic rings. The number of benzene rings is 2. The van der Waals surface area contributed by atoms with Gasteiger partial charge < -0.3 is 4.74 Å². The summed E-state index contributed by atoms with van der Waals surface area (Å²) in [6, 6.07) is 13.9. The van der Waals surface area contributed by atoms with Gasteiger partial charge in [0, 0.05) is 32.7 Å². The molecule has 0 atom stereocenters. The third-order valence-corrected chi connectivity index (χ3v) is 6.60. The molecule has 29 heavy (non-hydrogen) atoms. The zero-order valence-corrected chi connectivity index (χ0v) is 16.6. The minimum absolute atomic E-state index is 0.138. The fourth-order valence-electron chi connectivity index (χ4n) is 3.18. The Hall–Kier alpha value is -2.10. The van der Waals surface area contributed by atoms with Gasteiger partial charge in [0.1, 0.15) is 12.4 Å². The van der Waals surface area contributed by atoms with Crippen LogP contribution in [0.25, 0.3) is 0 Å².